The van der Waals surface area contributed by atoms with Crippen LogP contribution in [0.3, 0.4) is 0 Å². The number of hydrogen-bond acceptors (Lipinski definition) is 5. The Hall–Kier alpha value is -2.99. The second kappa shape index (κ2) is 9.25. The molecule has 0 aromatic heterocycles. The van der Waals surface area contributed by atoms with Gasteiger partial charge >= 0.3 is 0 Å². The summed E-state index contributed by atoms with van der Waals surface area (Å²) in [5, 5.41) is 11.7. The van der Waals surface area contributed by atoms with E-state index in [1.807, 2.05) is 19.1 Å². The van der Waals surface area contributed by atoms with Gasteiger partial charge in [0.2, 0.25) is 0 Å². The van der Waals surface area contributed by atoms with Gasteiger partial charge in [0.1, 0.15) is 17.3 Å². The van der Waals surface area contributed by atoms with Gasteiger partial charge < -0.3 is 19.5 Å². The van der Waals surface area contributed by atoms with Crippen LogP contribution in [-0.2, 0) is 9.59 Å². The van der Waals surface area contributed by atoms with Crippen molar-refractivity contribution in [2.45, 2.75) is 44.7 Å². The number of ketones is 1. The molecule has 1 N–H and O–H groups in total. The van der Waals surface area contributed by atoms with Crippen LogP contribution in [0.5, 0.6) is 11.5 Å². The predicted molar refractivity (Wildman–Crippen MR) is 122 cm³/mol. The Morgan fingerprint density at radius 2 is 1.91 bits per heavy atom. The molecule has 1 aliphatic heterocycles. The van der Waals surface area contributed by atoms with Crippen molar-refractivity contribution in [1.29, 1.82) is 0 Å². The van der Waals surface area contributed by atoms with Crippen molar-refractivity contribution < 1.29 is 24.2 Å². The van der Waals surface area contributed by atoms with Crippen LogP contribution in [0, 0.1) is 0 Å². The number of carbonyl (C=O) groups is 2. The number of nitrogens with zero attached hydrogens (tertiary/aromatic N) is 1. The fraction of sp³-hybridized carbons (Fsp3) is 0.360. The predicted octanol–water partition coefficient (Wildman–Crippen LogP) is 5.11. The van der Waals surface area contributed by atoms with Crippen LogP contribution in [0.25, 0.3) is 5.76 Å². The number of hydrogen-bond donors (Lipinski definition) is 1. The molecule has 6 nitrogen and oxygen atoms in total. The first-order valence-electron chi connectivity index (χ1n) is 10.8. The zero-order chi connectivity index (χ0) is 22.8. The molecule has 2 aromatic rings. The smallest absolute Gasteiger partial charge is 0.295 e. The second-order valence-corrected chi connectivity index (χ2v) is 8.41. The molecule has 2 aliphatic rings. The summed E-state index contributed by atoms with van der Waals surface area (Å²) in [6, 6.07) is 11.4. The minimum atomic E-state index is -0.695. The summed E-state index contributed by atoms with van der Waals surface area (Å²) >= 11 is 6.19. The lowest BCUT2D eigenvalue weighted by Gasteiger charge is -2.31. The molecule has 0 spiro atoms. The third kappa shape index (κ3) is 3.95. The van der Waals surface area contributed by atoms with Crippen molar-refractivity contribution >= 4 is 29.1 Å². The first-order valence-corrected chi connectivity index (χ1v) is 11.2. The summed E-state index contributed by atoms with van der Waals surface area (Å²) in [4.78, 5) is 28.0. The molecule has 168 valence electrons. The zero-order valence-electron chi connectivity index (χ0n) is 18.1. The van der Waals surface area contributed by atoms with E-state index >= 15 is 0 Å². The Labute approximate surface area is 192 Å². The lowest BCUT2D eigenvalue weighted by molar-refractivity contribution is -0.141. The number of halogens is 1. The maximum absolute atomic E-state index is 13.2. The molecule has 32 heavy (non-hydrogen) atoms. The lowest BCUT2D eigenvalue weighted by atomic mass is 9.94. The number of likely N-dealkylation sites (tertiary alicyclic amines) is 1. The standard InChI is InChI=1S/C25H26ClNO5/c1-3-32-20-14-16(11-12-19(20)26)23(28)21-22(15-7-6-10-18(13-15)31-2)27(25(30)24(21)29)17-8-4-5-9-17/h6-7,10-14,17,22,28H,3-5,8-9H2,1-2H3/b23-21-. The summed E-state index contributed by atoms with van der Waals surface area (Å²) in [6.07, 6.45) is 3.69. The highest BCUT2D eigenvalue weighted by atomic mass is 35.5. The van der Waals surface area contributed by atoms with Crippen molar-refractivity contribution in [2.75, 3.05) is 13.7 Å². The molecule has 0 bridgehead atoms. The number of carbonyl (C=O) groups excluding carboxylic acids is 2. The Bertz CT molecular complexity index is 1070. The Morgan fingerprint density at radius 3 is 2.59 bits per heavy atom. The molecule has 1 amide bonds. The molecule has 1 unspecified atom stereocenters. The minimum absolute atomic E-state index is 0.0443. The van der Waals surface area contributed by atoms with E-state index < -0.39 is 17.7 Å². The quantitative estimate of drug-likeness (QED) is 0.372. The molecule has 1 aliphatic carbocycles. The first-order chi connectivity index (χ1) is 15.5. The average molecular weight is 456 g/mol. The molecule has 1 saturated heterocycles. The summed E-state index contributed by atoms with van der Waals surface area (Å²) in [6.45, 7) is 2.23. The van der Waals surface area contributed by atoms with Crippen LogP contribution in [0.1, 0.15) is 49.8 Å². The number of aliphatic hydroxyl groups excluding tert-OH is 1. The second-order valence-electron chi connectivity index (χ2n) is 8.00. The van der Waals surface area contributed by atoms with Crippen molar-refractivity contribution in [2.24, 2.45) is 0 Å². The minimum Gasteiger partial charge on any atom is -0.507 e. The van der Waals surface area contributed by atoms with Gasteiger partial charge in [0.15, 0.2) is 0 Å². The number of rotatable bonds is 6. The largest absolute Gasteiger partial charge is 0.507 e. The van der Waals surface area contributed by atoms with E-state index in [0.717, 1.165) is 31.2 Å². The van der Waals surface area contributed by atoms with Gasteiger partial charge in [-0.05, 0) is 55.7 Å². The number of Topliss-reactive ketones (excluding diaryl/α,β-unsaturated/α-hetero) is 1. The fourth-order valence-corrected chi connectivity index (χ4v) is 4.79. The molecular formula is C25H26ClNO5. The topological polar surface area (TPSA) is 76.1 Å². The van der Waals surface area contributed by atoms with Gasteiger partial charge in [0.25, 0.3) is 11.7 Å². The number of amides is 1. The normalized spacial score (nSPS) is 20.7. The molecule has 1 atom stereocenters. The van der Waals surface area contributed by atoms with E-state index in [1.165, 1.54) is 0 Å². The van der Waals surface area contributed by atoms with Crippen LogP contribution in [0.4, 0.5) is 0 Å². The van der Waals surface area contributed by atoms with E-state index in [-0.39, 0.29) is 17.4 Å². The summed E-state index contributed by atoms with van der Waals surface area (Å²) in [7, 11) is 1.57. The fourth-order valence-electron chi connectivity index (χ4n) is 4.62. The van der Waals surface area contributed by atoms with E-state index in [2.05, 4.69) is 0 Å². The molecule has 2 aromatic carbocycles. The highest BCUT2D eigenvalue weighted by Crippen LogP contribution is 2.44. The van der Waals surface area contributed by atoms with Gasteiger partial charge in [0, 0.05) is 11.6 Å². The van der Waals surface area contributed by atoms with Gasteiger partial charge in [-0.3, -0.25) is 9.59 Å². The molecular weight excluding hydrogens is 430 g/mol. The maximum atomic E-state index is 13.2. The molecule has 0 radical (unpaired) electrons. The van der Waals surface area contributed by atoms with Gasteiger partial charge in [0.05, 0.1) is 30.4 Å². The maximum Gasteiger partial charge on any atom is 0.295 e. The van der Waals surface area contributed by atoms with Crippen molar-refractivity contribution in [3.63, 3.8) is 0 Å². The molecule has 2 fully saturated rings. The van der Waals surface area contributed by atoms with E-state index in [1.54, 1.807) is 42.3 Å². The zero-order valence-corrected chi connectivity index (χ0v) is 18.9. The lowest BCUT2D eigenvalue weighted by Crippen LogP contribution is -2.37. The first kappa shape index (κ1) is 22.2. The Kier molecular flexibility index (Phi) is 6.42. The third-order valence-electron chi connectivity index (χ3n) is 6.11. The molecule has 4 rings (SSSR count). The Morgan fingerprint density at radius 1 is 1.16 bits per heavy atom. The van der Waals surface area contributed by atoms with Gasteiger partial charge in [-0.15, -0.1) is 0 Å². The van der Waals surface area contributed by atoms with Crippen LogP contribution in [0.15, 0.2) is 48.0 Å². The Balaban J connectivity index is 1.88. The number of aliphatic hydroxyl groups is 1. The number of benzene rings is 2. The van der Waals surface area contributed by atoms with Crippen molar-refractivity contribution in [3.8, 4) is 11.5 Å². The highest BCUT2D eigenvalue weighted by Gasteiger charge is 2.49. The highest BCUT2D eigenvalue weighted by molar-refractivity contribution is 6.46. The van der Waals surface area contributed by atoms with Gasteiger partial charge in [-0.2, -0.15) is 0 Å². The van der Waals surface area contributed by atoms with Crippen molar-refractivity contribution in [1.82, 2.24) is 4.90 Å². The SMILES string of the molecule is CCOc1cc(/C(O)=C2/C(=O)C(=O)N(C3CCCC3)C2c2cccc(OC)c2)ccc1Cl. The molecule has 1 heterocycles. The van der Waals surface area contributed by atoms with Crippen LogP contribution in [-0.4, -0.2) is 41.5 Å². The summed E-state index contributed by atoms with van der Waals surface area (Å²) in [5.74, 6) is -0.486. The van der Waals surface area contributed by atoms with E-state index in [0.29, 0.717) is 28.7 Å². The van der Waals surface area contributed by atoms with E-state index in [9.17, 15) is 14.7 Å². The molecule has 7 heteroatoms. The number of ether oxygens (including phenoxy) is 2. The van der Waals surface area contributed by atoms with Crippen molar-refractivity contribution in [3.05, 3.63) is 64.2 Å². The molecule has 1 saturated carbocycles. The summed E-state index contributed by atoms with van der Waals surface area (Å²) in [5.41, 5.74) is 1.16. The van der Waals surface area contributed by atoms with E-state index in [4.69, 9.17) is 21.1 Å². The summed E-state index contributed by atoms with van der Waals surface area (Å²) < 4.78 is 10.9. The van der Waals surface area contributed by atoms with Crippen LogP contribution >= 0.6 is 11.6 Å². The van der Waals surface area contributed by atoms with Gasteiger partial charge in [-0.25, -0.2) is 0 Å². The third-order valence-corrected chi connectivity index (χ3v) is 6.42. The van der Waals surface area contributed by atoms with Gasteiger partial charge in [-0.1, -0.05) is 36.6 Å². The van der Waals surface area contributed by atoms with Crippen LogP contribution < -0.4 is 9.47 Å². The number of methoxy groups -OCH3 is 1. The average Bonchev–Trinajstić information content (AvgIpc) is 3.42. The monoisotopic (exact) mass is 455 g/mol. The van der Waals surface area contributed by atoms with Crippen LogP contribution in [0.2, 0.25) is 5.02 Å².